The predicted molar refractivity (Wildman–Crippen MR) is 158 cm³/mol. The zero-order chi connectivity index (χ0) is 26.1. The minimum Gasteiger partial charge on any atom is -1.00 e. The molecule has 0 unspecified atom stereocenters. The van der Waals surface area contributed by atoms with E-state index in [2.05, 4.69) is 42.0 Å². The van der Waals surface area contributed by atoms with E-state index in [4.69, 9.17) is 4.74 Å². The molecule has 0 amide bonds. The summed E-state index contributed by atoms with van der Waals surface area (Å²) in [6, 6.07) is 0. The fourth-order valence-corrected chi connectivity index (χ4v) is 5.00. The van der Waals surface area contributed by atoms with E-state index in [9.17, 15) is 0 Å². The van der Waals surface area contributed by atoms with E-state index in [1.54, 1.807) is 0 Å². The maximum atomic E-state index is 6.07. The van der Waals surface area contributed by atoms with Crippen molar-refractivity contribution in [3.05, 3.63) is 0 Å². The van der Waals surface area contributed by atoms with Gasteiger partial charge in [0.05, 0.1) is 54.5 Å². The molecule has 0 heterocycles. The summed E-state index contributed by atoms with van der Waals surface area (Å²) in [5, 5.41) is 0. The number of hydrogen-bond acceptors (Lipinski definition) is 1. The lowest BCUT2D eigenvalue weighted by molar-refractivity contribution is -0.894. The van der Waals surface area contributed by atoms with Crippen LogP contribution in [0.4, 0.5) is 0 Å². The molecule has 0 aromatic heterocycles. The Bertz CT molecular complexity index is 395. The van der Waals surface area contributed by atoms with Crippen molar-refractivity contribution in [3.63, 3.8) is 0 Å². The van der Waals surface area contributed by atoms with Crippen LogP contribution < -0.4 is 34.0 Å². The van der Waals surface area contributed by atoms with Gasteiger partial charge in [-0.2, -0.15) is 0 Å². The average molecular weight is 659 g/mol. The fourth-order valence-electron chi connectivity index (χ4n) is 5.00. The molecular weight excluding hydrogens is 588 g/mol. The highest BCUT2D eigenvalue weighted by atomic mass is 79.9. The second kappa shape index (κ2) is 29.8. The van der Waals surface area contributed by atoms with E-state index in [1.165, 1.54) is 142 Å². The zero-order valence-corrected chi connectivity index (χ0v) is 29.6. The molecule has 0 aliphatic carbocycles. The van der Waals surface area contributed by atoms with Crippen LogP contribution in [-0.2, 0) is 4.74 Å². The number of halogens is 2. The Morgan fingerprint density at radius 1 is 0.351 bits per heavy atom. The van der Waals surface area contributed by atoms with Gasteiger partial charge in [-0.15, -0.1) is 0 Å². The molecule has 5 heteroatoms. The highest BCUT2D eigenvalue weighted by Gasteiger charge is 2.16. The van der Waals surface area contributed by atoms with Gasteiger partial charge in [0.1, 0.15) is 13.1 Å². The molecular formula is C32H70Br2N2O. The van der Waals surface area contributed by atoms with Gasteiger partial charge in [0.15, 0.2) is 0 Å². The van der Waals surface area contributed by atoms with Crippen molar-refractivity contribution in [3.8, 4) is 0 Å². The van der Waals surface area contributed by atoms with E-state index < -0.39 is 0 Å². The van der Waals surface area contributed by atoms with E-state index in [0.717, 1.165) is 35.3 Å². The Morgan fingerprint density at radius 3 is 0.865 bits per heavy atom. The van der Waals surface area contributed by atoms with Crippen molar-refractivity contribution < 1.29 is 47.7 Å². The van der Waals surface area contributed by atoms with Crippen LogP contribution in [0.5, 0.6) is 0 Å². The molecule has 0 radical (unpaired) electrons. The molecule has 0 N–H and O–H groups in total. The summed E-state index contributed by atoms with van der Waals surface area (Å²) >= 11 is 0. The van der Waals surface area contributed by atoms with Gasteiger partial charge in [-0.3, -0.25) is 0 Å². The summed E-state index contributed by atoms with van der Waals surface area (Å²) in [6.07, 6.45) is 28.4. The summed E-state index contributed by atoms with van der Waals surface area (Å²) in [6.45, 7) is 11.3. The second-order valence-electron chi connectivity index (χ2n) is 12.7. The first-order chi connectivity index (χ1) is 16.8. The van der Waals surface area contributed by atoms with Crippen molar-refractivity contribution in [2.75, 3.05) is 67.6 Å². The number of hydrogen-bond donors (Lipinski definition) is 0. The van der Waals surface area contributed by atoms with Crippen LogP contribution in [0.2, 0.25) is 0 Å². The molecule has 228 valence electrons. The van der Waals surface area contributed by atoms with Gasteiger partial charge in [-0.25, -0.2) is 0 Å². The van der Waals surface area contributed by atoms with Crippen LogP contribution in [0.25, 0.3) is 0 Å². The summed E-state index contributed by atoms with van der Waals surface area (Å²) < 4.78 is 8.28. The van der Waals surface area contributed by atoms with Crippen LogP contribution in [0.3, 0.4) is 0 Å². The van der Waals surface area contributed by atoms with Crippen molar-refractivity contribution in [1.29, 1.82) is 0 Å². The van der Waals surface area contributed by atoms with Gasteiger partial charge < -0.3 is 47.7 Å². The number of nitrogens with zero attached hydrogens (tertiary/aromatic N) is 2. The molecule has 0 saturated carbocycles. The highest BCUT2D eigenvalue weighted by molar-refractivity contribution is 4.49. The lowest BCUT2D eigenvalue weighted by Gasteiger charge is -2.31. The van der Waals surface area contributed by atoms with Gasteiger partial charge in [0, 0.05) is 0 Å². The average Bonchev–Trinajstić information content (AvgIpc) is 2.81. The number of unbranched alkanes of at least 4 members (excludes halogenated alkanes) is 18. The first-order valence-electron chi connectivity index (χ1n) is 16.0. The van der Waals surface area contributed by atoms with E-state index >= 15 is 0 Å². The Balaban J connectivity index is -0.00000578. The molecule has 0 fully saturated rings. The maximum absolute atomic E-state index is 6.07. The molecule has 0 aliphatic heterocycles. The van der Waals surface area contributed by atoms with Crippen molar-refractivity contribution >= 4 is 0 Å². The van der Waals surface area contributed by atoms with Crippen LogP contribution in [0, 0.1) is 0 Å². The summed E-state index contributed by atoms with van der Waals surface area (Å²) in [7, 11) is 9.51. The Kier molecular flexibility index (Phi) is 34.1. The highest BCUT2D eigenvalue weighted by Crippen LogP contribution is 2.13. The first kappa shape index (κ1) is 42.3. The van der Waals surface area contributed by atoms with Crippen LogP contribution in [0.1, 0.15) is 142 Å². The number of ether oxygens (including phenoxy) is 1. The molecule has 37 heavy (non-hydrogen) atoms. The number of rotatable bonds is 28. The fraction of sp³-hybridized carbons (Fsp3) is 1.00. The smallest absolute Gasteiger partial charge is 0.102 e. The van der Waals surface area contributed by atoms with E-state index in [0.29, 0.717) is 0 Å². The third-order valence-corrected chi connectivity index (χ3v) is 7.92. The van der Waals surface area contributed by atoms with Crippen molar-refractivity contribution in [1.82, 2.24) is 0 Å². The maximum Gasteiger partial charge on any atom is 0.102 e. The molecule has 0 rings (SSSR count). The normalized spacial score (nSPS) is 11.8. The summed E-state index contributed by atoms with van der Waals surface area (Å²) in [4.78, 5) is 0. The van der Waals surface area contributed by atoms with Crippen LogP contribution in [-0.4, -0.2) is 76.5 Å². The third-order valence-electron chi connectivity index (χ3n) is 7.92. The molecule has 0 atom stereocenters. The topological polar surface area (TPSA) is 9.23 Å². The van der Waals surface area contributed by atoms with E-state index in [1.807, 2.05) is 0 Å². The molecule has 0 aromatic carbocycles. The van der Waals surface area contributed by atoms with Gasteiger partial charge in [-0.1, -0.05) is 117 Å². The Labute approximate surface area is 256 Å². The largest absolute Gasteiger partial charge is 1.00 e. The van der Waals surface area contributed by atoms with Gasteiger partial charge in [-0.05, 0) is 25.7 Å². The van der Waals surface area contributed by atoms with Gasteiger partial charge >= 0.3 is 0 Å². The molecule has 0 spiro atoms. The van der Waals surface area contributed by atoms with Crippen molar-refractivity contribution in [2.24, 2.45) is 0 Å². The van der Waals surface area contributed by atoms with E-state index in [-0.39, 0.29) is 34.0 Å². The molecule has 0 aromatic rings. The lowest BCUT2D eigenvalue weighted by Crippen LogP contribution is -3.00. The number of likely N-dealkylation sites (N-methyl/N-ethyl adjacent to an activating group) is 2. The zero-order valence-electron chi connectivity index (χ0n) is 26.4. The SMILES string of the molecule is CCCCCCCCCCCC[N+](C)(C)CCOCC[N+](C)(C)CCCCCCCCCCCC.[Br-].[Br-]. The van der Waals surface area contributed by atoms with Crippen LogP contribution >= 0.6 is 0 Å². The van der Waals surface area contributed by atoms with Gasteiger partial charge in [0.25, 0.3) is 0 Å². The van der Waals surface area contributed by atoms with Crippen LogP contribution in [0.15, 0.2) is 0 Å². The Hall–Kier alpha value is 0.840. The molecule has 0 saturated heterocycles. The summed E-state index contributed by atoms with van der Waals surface area (Å²) in [5.41, 5.74) is 0. The minimum atomic E-state index is 0. The monoisotopic (exact) mass is 656 g/mol. The Morgan fingerprint density at radius 2 is 0.595 bits per heavy atom. The van der Waals surface area contributed by atoms with Crippen molar-refractivity contribution in [2.45, 2.75) is 142 Å². The van der Waals surface area contributed by atoms with Gasteiger partial charge in [0.2, 0.25) is 0 Å². The standard InChI is InChI=1S/C32H70N2O.2BrH/c1-7-9-11-13-15-17-19-21-23-25-27-33(3,4)29-31-35-32-30-34(5,6)28-26-24-22-20-18-16-14-12-10-8-2;;/h7-32H2,1-6H3;2*1H/q+2;;/p-2. The predicted octanol–water partition coefficient (Wildman–Crippen LogP) is 3.01. The second-order valence-corrected chi connectivity index (χ2v) is 12.7. The summed E-state index contributed by atoms with van der Waals surface area (Å²) in [5.74, 6) is 0. The minimum absolute atomic E-state index is 0. The molecule has 0 aliphatic rings. The number of quaternary nitrogens is 2. The third kappa shape index (κ3) is 32.9. The first-order valence-corrected chi connectivity index (χ1v) is 16.0. The quantitative estimate of drug-likeness (QED) is 0.0929. The lowest BCUT2D eigenvalue weighted by atomic mass is 10.1. The molecule has 0 bridgehead atoms. The molecule has 3 nitrogen and oxygen atoms in total.